The van der Waals surface area contributed by atoms with E-state index in [9.17, 15) is 4.79 Å². The van der Waals surface area contributed by atoms with Crippen molar-refractivity contribution in [3.05, 3.63) is 77.1 Å². The second-order valence-corrected chi connectivity index (χ2v) is 6.06. The van der Waals surface area contributed by atoms with E-state index in [2.05, 4.69) is 10.6 Å². The minimum Gasteiger partial charge on any atom is -0.324 e. The Morgan fingerprint density at radius 2 is 1.67 bits per heavy atom. The van der Waals surface area contributed by atoms with Gasteiger partial charge < -0.3 is 15.2 Å². The molecular formula is C19H18ClN3O. The van der Waals surface area contributed by atoms with E-state index in [1.54, 1.807) is 0 Å². The average molecular weight is 340 g/mol. The van der Waals surface area contributed by atoms with Gasteiger partial charge in [-0.05, 0) is 67.4 Å². The molecule has 2 N–H and O–H groups in total. The number of carbonyl (C=O) groups excluding carboxylic acids is 1. The number of hydrogen-bond donors (Lipinski definition) is 2. The van der Waals surface area contributed by atoms with Gasteiger partial charge in [0.15, 0.2) is 0 Å². The van der Waals surface area contributed by atoms with Crippen molar-refractivity contribution in [2.24, 2.45) is 0 Å². The Bertz CT molecular complexity index is 832. The molecule has 0 aliphatic rings. The first-order valence-electron chi connectivity index (χ1n) is 7.61. The number of carbonyl (C=O) groups is 1. The largest absolute Gasteiger partial charge is 0.324 e. The molecule has 5 heteroatoms. The Morgan fingerprint density at radius 1 is 1.00 bits per heavy atom. The number of amides is 2. The summed E-state index contributed by atoms with van der Waals surface area (Å²) in [5.41, 5.74) is 4.36. The predicted octanol–water partition coefficient (Wildman–Crippen LogP) is 5.39. The fraction of sp³-hybridized carbons (Fsp3) is 0.105. The average Bonchev–Trinajstić information content (AvgIpc) is 3.06. The molecule has 1 heterocycles. The van der Waals surface area contributed by atoms with Crippen LogP contribution in [0.15, 0.2) is 60.9 Å². The van der Waals surface area contributed by atoms with Crippen molar-refractivity contribution < 1.29 is 4.79 Å². The van der Waals surface area contributed by atoms with Crippen LogP contribution >= 0.6 is 11.6 Å². The minimum atomic E-state index is -0.322. The predicted molar refractivity (Wildman–Crippen MR) is 99.3 cm³/mol. The molecule has 0 aliphatic carbocycles. The van der Waals surface area contributed by atoms with Gasteiger partial charge in [0.25, 0.3) is 0 Å². The third-order valence-corrected chi connectivity index (χ3v) is 4.00. The number of halogens is 1. The molecule has 2 amide bonds. The van der Waals surface area contributed by atoms with Crippen molar-refractivity contribution in [3.63, 3.8) is 0 Å². The molecule has 0 atom stereocenters. The maximum Gasteiger partial charge on any atom is 0.323 e. The Morgan fingerprint density at radius 3 is 2.29 bits per heavy atom. The van der Waals surface area contributed by atoms with Crippen LogP contribution in [0.1, 0.15) is 11.1 Å². The number of urea groups is 1. The Labute approximate surface area is 146 Å². The lowest BCUT2D eigenvalue weighted by Gasteiger charge is -2.13. The molecule has 0 saturated heterocycles. The molecule has 3 aromatic rings. The normalized spacial score (nSPS) is 10.5. The number of nitrogens with zero attached hydrogens (tertiary/aromatic N) is 1. The quantitative estimate of drug-likeness (QED) is 0.660. The van der Waals surface area contributed by atoms with Crippen LogP contribution in [-0.2, 0) is 0 Å². The van der Waals surface area contributed by atoms with Crippen LogP contribution in [0.5, 0.6) is 0 Å². The number of aryl methyl sites for hydroxylation is 2. The first-order chi connectivity index (χ1) is 11.5. The van der Waals surface area contributed by atoms with Gasteiger partial charge in [-0.15, -0.1) is 0 Å². The van der Waals surface area contributed by atoms with Crippen molar-refractivity contribution >= 4 is 29.0 Å². The van der Waals surface area contributed by atoms with Gasteiger partial charge in [-0.2, -0.15) is 0 Å². The first-order valence-corrected chi connectivity index (χ1v) is 7.99. The van der Waals surface area contributed by atoms with Gasteiger partial charge in [0.2, 0.25) is 0 Å². The van der Waals surface area contributed by atoms with Gasteiger partial charge >= 0.3 is 6.03 Å². The Hall–Kier alpha value is -2.72. The summed E-state index contributed by atoms with van der Waals surface area (Å²) in [5.74, 6) is 0. The molecule has 24 heavy (non-hydrogen) atoms. The van der Waals surface area contributed by atoms with Crippen LogP contribution in [0.2, 0.25) is 5.02 Å². The number of rotatable bonds is 3. The number of aromatic nitrogens is 1. The Kier molecular flexibility index (Phi) is 4.58. The highest BCUT2D eigenvalue weighted by molar-refractivity contribution is 6.34. The molecule has 0 saturated carbocycles. The number of anilines is 2. The molecule has 1 aromatic heterocycles. The highest BCUT2D eigenvalue weighted by atomic mass is 35.5. The maximum absolute atomic E-state index is 12.2. The van der Waals surface area contributed by atoms with E-state index in [1.165, 1.54) is 0 Å². The molecule has 0 spiro atoms. The van der Waals surface area contributed by atoms with Gasteiger partial charge in [0.05, 0.1) is 10.7 Å². The molecule has 0 aliphatic heterocycles. The van der Waals surface area contributed by atoms with Crippen molar-refractivity contribution in [2.75, 3.05) is 10.6 Å². The molecule has 0 bridgehead atoms. The van der Waals surface area contributed by atoms with Crippen molar-refractivity contribution in [1.29, 1.82) is 0 Å². The van der Waals surface area contributed by atoms with E-state index in [1.807, 2.05) is 79.3 Å². The first kappa shape index (κ1) is 16.1. The molecular weight excluding hydrogens is 322 g/mol. The van der Waals surface area contributed by atoms with Crippen LogP contribution in [-0.4, -0.2) is 10.6 Å². The van der Waals surface area contributed by atoms with E-state index >= 15 is 0 Å². The number of nitrogens with one attached hydrogen (secondary N) is 2. The van der Waals surface area contributed by atoms with E-state index in [4.69, 9.17) is 11.6 Å². The van der Waals surface area contributed by atoms with Crippen LogP contribution < -0.4 is 10.6 Å². The topological polar surface area (TPSA) is 46.1 Å². The summed E-state index contributed by atoms with van der Waals surface area (Å²) >= 11 is 6.21. The summed E-state index contributed by atoms with van der Waals surface area (Å²) in [6, 6.07) is 15.0. The van der Waals surface area contributed by atoms with E-state index in [0.29, 0.717) is 16.4 Å². The van der Waals surface area contributed by atoms with Gasteiger partial charge in [-0.3, -0.25) is 0 Å². The highest BCUT2D eigenvalue weighted by Gasteiger charge is 2.09. The van der Waals surface area contributed by atoms with Crippen LogP contribution in [0, 0.1) is 13.8 Å². The smallest absolute Gasteiger partial charge is 0.323 e. The standard InChI is InChI=1S/C19H18ClN3O/c1-13-11-14(2)18(17(20)12-13)22-19(24)21-15-5-7-16(8-6-15)23-9-3-4-10-23/h3-12H,1-2H3,(H2,21,22,24). The van der Waals surface area contributed by atoms with Crippen LogP contribution in [0.4, 0.5) is 16.2 Å². The fourth-order valence-corrected chi connectivity index (χ4v) is 2.94. The lowest BCUT2D eigenvalue weighted by atomic mass is 10.1. The van der Waals surface area contributed by atoms with Crippen molar-refractivity contribution in [1.82, 2.24) is 4.57 Å². The lowest BCUT2D eigenvalue weighted by Crippen LogP contribution is -2.20. The second kappa shape index (κ2) is 6.81. The zero-order valence-electron chi connectivity index (χ0n) is 13.5. The third-order valence-electron chi connectivity index (χ3n) is 3.70. The number of hydrogen-bond acceptors (Lipinski definition) is 1. The van der Waals surface area contributed by atoms with Crippen molar-refractivity contribution in [2.45, 2.75) is 13.8 Å². The van der Waals surface area contributed by atoms with Crippen LogP contribution in [0.25, 0.3) is 5.69 Å². The summed E-state index contributed by atoms with van der Waals surface area (Å²) in [4.78, 5) is 12.2. The zero-order chi connectivity index (χ0) is 17.1. The van der Waals surface area contributed by atoms with Gasteiger partial charge in [0, 0.05) is 23.8 Å². The molecule has 0 radical (unpaired) electrons. The van der Waals surface area contributed by atoms with E-state index < -0.39 is 0 Å². The summed E-state index contributed by atoms with van der Waals surface area (Å²) in [6.07, 6.45) is 3.94. The highest BCUT2D eigenvalue weighted by Crippen LogP contribution is 2.27. The third kappa shape index (κ3) is 3.60. The maximum atomic E-state index is 12.2. The lowest BCUT2D eigenvalue weighted by molar-refractivity contribution is 0.262. The molecule has 0 fully saturated rings. The molecule has 4 nitrogen and oxygen atoms in total. The van der Waals surface area contributed by atoms with Gasteiger partial charge in [-0.25, -0.2) is 4.79 Å². The molecule has 0 unspecified atom stereocenters. The Balaban J connectivity index is 1.69. The van der Waals surface area contributed by atoms with Gasteiger partial charge in [-0.1, -0.05) is 17.7 Å². The fourth-order valence-electron chi connectivity index (χ4n) is 2.57. The summed E-state index contributed by atoms with van der Waals surface area (Å²) < 4.78 is 2.00. The van der Waals surface area contributed by atoms with Gasteiger partial charge in [0.1, 0.15) is 0 Å². The summed E-state index contributed by atoms with van der Waals surface area (Å²) in [5, 5.41) is 6.16. The van der Waals surface area contributed by atoms with E-state index in [-0.39, 0.29) is 6.03 Å². The SMILES string of the molecule is Cc1cc(C)c(NC(=O)Nc2ccc(-n3cccc3)cc2)c(Cl)c1. The summed E-state index contributed by atoms with van der Waals surface area (Å²) in [7, 11) is 0. The minimum absolute atomic E-state index is 0.322. The number of benzene rings is 2. The molecule has 2 aromatic carbocycles. The van der Waals surface area contributed by atoms with Crippen LogP contribution in [0.3, 0.4) is 0 Å². The molecule has 122 valence electrons. The monoisotopic (exact) mass is 339 g/mol. The van der Waals surface area contributed by atoms with Crippen molar-refractivity contribution in [3.8, 4) is 5.69 Å². The molecule has 3 rings (SSSR count). The zero-order valence-corrected chi connectivity index (χ0v) is 14.3. The van der Waals surface area contributed by atoms with E-state index in [0.717, 1.165) is 16.8 Å². The summed E-state index contributed by atoms with van der Waals surface area (Å²) in [6.45, 7) is 3.88. The second-order valence-electron chi connectivity index (χ2n) is 5.65.